The number of rotatable bonds is 8. The van der Waals surface area contributed by atoms with Crippen LogP contribution in [0.4, 0.5) is 8.78 Å². The molecule has 1 aromatic rings. The number of ether oxygens (including phenoxy) is 2. The van der Waals surface area contributed by atoms with Crippen molar-refractivity contribution in [1.29, 1.82) is 0 Å². The van der Waals surface area contributed by atoms with Crippen LogP contribution in [0.15, 0.2) is 23.8 Å². The van der Waals surface area contributed by atoms with Crippen molar-refractivity contribution in [2.45, 2.75) is 39.8 Å². The minimum atomic E-state index is -2.87. The molecule has 0 aliphatic carbocycles. The van der Waals surface area contributed by atoms with Gasteiger partial charge in [0, 0.05) is 6.04 Å². The Morgan fingerprint density at radius 2 is 2.05 bits per heavy atom. The molecule has 21 heavy (non-hydrogen) atoms. The van der Waals surface area contributed by atoms with Gasteiger partial charge in [0.2, 0.25) is 0 Å². The van der Waals surface area contributed by atoms with Crippen LogP contribution >= 0.6 is 0 Å². The highest BCUT2D eigenvalue weighted by Crippen LogP contribution is 2.30. The third-order valence-electron chi connectivity index (χ3n) is 3.18. The highest BCUT2D eigenvalue weighted by Gasteiger charge is 2.11. The summed E-state index contributed by atoms with van der Waals surface area (Å²) in [5.74, 6) is 0.338. The zero-order valence-corrected chi connectivity index (χ0v) is 13.0. The van der Waals surface area contributed by atoms with Gasteiger partial charge in [-0.2, -0.15) is 8.78 Å². The summed E-state index contributed by atoms with van der Waals surface area (Å²) in [5, 5.41) is 3.38. The first-order valence-electron chi connectivity index (χ1n) is 7.02. The van der Waals surface area contributed by atoms with E-state index in [1.807, 2.05) is 19.1 Å². The number of halogens is 2. The van der Waals surface area contributed by atoms with E-state index in [9.17, 15) is 8.78 Å². The van der Waals surface area contributed by atoms with E-state index in [0.717, 1.165) is 24.1 Å². The summed E-state index contributed by atoms with van der Waals surface area (Å²) in [6.45, 7) is 4.25. The molecule has 3 nitrogen and oxygen atoms in total. The maximum atomic E-state index is 12.4. The van der Waals surface area contributed by atoms with Gasteiger partial charge >= 0.3 is 6.61 Å². The number of nitrogens with one attached hydrogen (secondary N) is 1. The lowest BCUT2D eigenvalue weighted by Crippen LogP contribution is -2.27. The van der Waals surface area contributed by atoms with E-state index in [1.54, 1.807) is 12.1 Å². The van der Waals surface area contributed by atoms with Crippen LogP contribution in [0.1, 0.15) is 32.8 Å². The molecule has 5 heteroatoms. The molecule has 0 aliphatic heterocycles. The summed E-state index contributed by atoms with van der Waals surface area (Å²) in [7, 11) is 1.42. The molecule has 0 saturated carbocycles. The van der Waals surface area contributed by atoms with Crippen LogP contribution in [0.3, 0.4) is 0 Å². The van der Waals surface area contributed by atoms with Gasteiger partial charge in [-0.1, -0.05) is 24.6 Å². The SMILES string of the molecule is CCCNC(C)/C(C)=C/c1ccc(OC)c(OC(F)F)c1. The maximum absolute atomic E-state index is 12.4. The zero-order valence-electron chi connectivity index (χ0n) is 13.0. The summed E-state index contributed by atoms with van der Waals surface area (Å²) in [4.78, 5) is 0. The maximum Gasteiger partial charge on any atom is 0.387 e. The van der Waals surface area contributed by atoms with Crippen molar-refractivity contribution in [3.8, 4) is 11.5 Å². The van der Waals surface area contributed by atoms with Crippen molar-refractivity contribution in [2.24, 2.45) is 0 Å². The standard InChI is InChI=1S/C16H23F2NO2/c1-5-8-19-12(3)11(2)9-13-6-7-14(20-4)15(10-13)21-16(17)18/h6-7,9-10,12,16,19H,5,8H2,1-4H3/b11-9+. The molecule has 1 N–H and O–H groups in total. The van der Waals surface area contributed by atoms with Gasteiger partial charge in [-0.05, 0) is 44.5 Å². The average molecular weight is 299 g/mol. The lowest BCUT2D eigenvalue weighted by molar-refractivity contribution is -0.0512. The molecule has 1 aromatic carbocycles. The fraction of sp³-hybridized carbons (Fsp3) is 0.500. The second-order valence-corrected chi connectivity index (χ2v) is 4.85. The fourth-order valence-corrected chi connectivity index (χ4v) is 1.88. The first-order chi connectivity index (χ1) is 9.97. The Morgan fingerprint density at radius 1 is 1.33 bits per heavy atom. The Balaban J connectivity index is 2.92. The quantitative estimate of drug-likeness (QED) is 0.784. The summed E-state index contributed by atoms with van der Waals surface area (Å²) >= 11 is 0. The van der Waals surface area contributed by atoms with Crippen molar-refractivity contribution < 1.29 is 18.3 Å². The van der Waals surface area contributed by atoms with Gasteiger partial charge in [-0.15, -0.1) is 0 Å². The van der Waals surface area contributed by atoms with Gasteiger partial charge in [0.25, 0.3) is 0 Å². The van der Waals surface area contributed by atoms with Crippen LogP contribution in [0, 0.1) is 0 Å². The first-order valence-corrected chi connectivity index (χ1v) is 7.02. The molecule has 0 aromatic heterocycles. The lowest BCUT2D eigenvalue weighted by atomic mass is 10.1. The third-order valence-corrected chi connectivity index (χ3v) is 3.18. The number of hydrogen-bond donors (Lipinski definition) is 1. The molecule has 118 valence electrons. The van der Waals surface area contributed by atoms with Gasteiger partial charge in [-0.25, -0.2) is 0 Å². The monoisotopic (exact) mass is 299 g/mol. The predicted octanol–water partition coefficient (Wildman–Crippen LogP) is 4.09. The topological polar surface area (TPSA) is 30.5 Å². The minimum absolute atomic E-state index is 0.0446. The summed E-state index contributed by atoms with van der Waals surface area (Å²) in [6.07, 6.45) is 3.01. The van der Waals surface area contributed by atoms with Gasteiger partial charge < -0.3 is 14.8 Å². The minimum Gasteiger partial charge on any atom is -0.493 e. The van der Waals surface area contributed by atoms with Crippen LogP contribution in [-0.2, 0) is 0 Å². The Labute approximate surface area is 124 Å². The molecule has 1 atom stereocenters. The van der Waals surface area contributed by atoms with E-state index in [0.29, 0.717) is 5.75 Å². The molecule has 0 spiro atoms. The predicted molar refractivity (Wildman–Crippen MR) is 81.0 cm³/mol. The molecule has 0 saturated heterocycles. The van der Waals surface area contributed by atoms with Crippen molar-refractivity contribution in [3.63, 3.8) is 0 Å². The highest BCUT2D eigenvalue weighted by molar-refractivity contribution is 5.58. The van der Waals surface area contributed by atoms with Gasteiger partial charge in [0.05, 0.1) is 7.11 Å². The highest BCUT2D eigenvalue weighted by atomic mass is 19.3. The van der Waals surface area contributed by atoms with Crippen LogP contribution in [0.2, 0.25) is 0 Å². The molecular formula is C16H23F2NO2. The molecule has 0 amide bonds. The van der Waals surface area contributed by atoms with Crippen LogP contribution in [-0.4, -0.2) is 26.3 Å². The molecule has 1 rings (SSSR count). The van der Waals surface area contributed by atoms with Crippen LogP contribution < -0.4 is 14.8 Å². The zero-order chi connectivity index (χ0) is 15.8. The number of methoxy groups -OCH3 is 1. The van der Waals surface area contributed by atoms with Crippen LogP contribution in [0.5, 0.6) is 11.5 Å². The Morgan fingerprint density at radius 3 is 2.62 bits per heavy atom. The number of benzene rings is 1. The van der Waals surface area contributed by atoms with E-state index >= 15 is 0 Å². The van der Waals surface area contributed by atoms with Crippen LogP contribution in [0.25, 0.3) is 6.08 Å². The smallest absolute Gasteiger partial charge is 0.387 e. The Kier molecular flexibility index (Phi) is 7.15. The molecular weight excluding hydrogens is 276 g/mol. The second-order valence-electron chi connectivity index (χ2n) is 4.85. The number of hydrogen-bond acceptors (Lipinski definition) is 3. The summed E-state index contributed by atoms with van der Waals surface area (Å²) in [6, 6.07) is 5.22. The Hall–Kier alpha value is -1.62. The van der Waals surface area contributed by atoms with Gasteiger partial charge in [-0.3, -0.25) is 0 Å². The van der Waals surface area contributed by atoms with Gasteiger partial charge in [0.1, 0.15) is 0 Å². The van der Waals surface area contributed by atoms with Crippen molar-refractivity contribution in [2.75, 3.05) is 13.7 Å². The molecule has 0 bridgehead atoms. The largest absolute Gasteiger partial charge is 0.493 e. The first kappa shape index (κ1) is 17.4. The molecule has 0 aliphatic rings. The van der Waals surface area contributed by atoms with E-state index < -0.39 is 6.61 Å². The third kappa shape index (κ3) is 5.71. The molecule has 1 unspecified atom stereocenters. The summed E-state index contributed by atoms with van der Waals surface area (Å²) < 4.78 is 34.3. The van der Waals surface area contributed by atoms with E-state index in [4.69, 9.17) is 4.74 Å². The number of alkyl halides is 2. The van der Waals surface area contributed by atoms with E-state index in [2.05, 4.69) is 23.9 Å². The van der Waals surface area contributed by atoms with Crippen molar-refractivity contribution in [3.05, 3.63) is 29.3 Å². The van der Waals surface area contributed by atoms with Crippen molar-refractivity contribution in [1.82, 2.24) is 5.32 Å². The molecule has 0 radical (unpaired) electrons. The normalized spacial score (nSPS) is 13.4. The molecule has 0 heterocycles. The Bertz CT molecular complexity index is 475. The van der Waals surface area contributed by atoms with Gasteiger partial charge in [0.15, 0.2) is 11.5 Å². The summed E-state index contributed by atoms with van der Waals surface area (Å²) in [5.41, 5.74) is 1.92. The fourth-order valence-electron chi connectivity index (χ4n) is 1.88. The average Bonchev–Trinajstić information content (AvgIpc) is 2.44. The lowest BCUT2D eigenvalue weighted by Gasteiger charge is -2.15. The van der Waals surface area contributed by atoms with E-state index in [1.165, 1.54) is 7.11 Å². The van der Waals surface area contributed by atoms with E-state index in [-0.39, 0.29) is 11.8 Å². The molecule has 0 fully saturated rings. The van der Waals surface area contributed by atoms with Crippen molar-refractivity contribution >= 4 is 6.08 Å². The second kappa shape index (κ2) is 8.62.